The number of aromatic amines is 1. The summed E-state index contributed by atoms with van der Waals surface area (Å²) in [5.74, 6) is 0.793. The molecule has 2 heterocycles. The molecule has 0 unspecified atom stereocenters. The minimum absolute atomic E-state index is 0.0376. The molecule has 0 amide bonds. The van der Waals surface area contributed by atoms with E-state index in [-0.39, 0.29) is 5.56 Å². The van der Waals surface area contributed by atoms with E-state index in [9.17, 15) is 4.79 Å². The third-order valence-electron chi connectivity index (χ3n) is 3.04. The van der Waals surface area contributed by atoms with Crippen molar-refractivity contribution in [2.24, 2.45) is 5.92 Å². The van der Waals surface area contributed by atoms with Crippen molar-refractivity contribution in [1.82, 2.24) is 9.55 Å². The Hall–Kier alpha value is -1.51. The molecule has 0 saturated heterocycles. The van der Waals surface area contributed by atoms with Crippen LogP contribution in [0, 0.1) is 12.8 Å². The predicted octanol–water partition coefficient (Wildman–Crippen LogP) is 2.05. The number of hydrogen-bond donors (Lipinski definition) is 1. The number of fused-ring (bicyclic) bond motifs is 1. The molecule has 15 heavy (non-hydrogen) atoms. The smallest absolute Gasteiger partial charge is 0.272 e. The van der Waals surface area contributed by atoms with Crippen LogP contribution in [0.4, 0.5) is 0 Å². The summed E-state index contributed by atoms with van der Waals surface area (Å²) >= 11 is 0. The van der Waals surface area contributed by atoms with Gasteiger partial charge in [0.2, 0.25) is 0 Å². The first-order chi connectivity index (χ1) is 7.24. The second-order valence-corrected chi connectivity index (χ2v) is 4.50. The maximum absolute atomic E-state index is 11.8. The molecule has 3 rings (SSSR count). The van der Waals surface area contributed by atoms with Crippen molar-refractivity contribution >= 4 is 10.9 Å². The van der Waals surface area contributed by atoms with E-state index in [1.807, 2.05) is 25.3 Å². The molecule has 1 aliphatic carbocycles. The number of pyridine rings is 1. The Morgan fingerprint density at radius 3 is 3.07 bits per heavy atom. The number of aryl methyl sites for hydroxylation is 1. The van der Waals surface area contributed by atoms with E-state index in [0.29, 0.717) is 0 Å². The van der Waals surface area contributed by atoms with E-state index in [1.54, 1.807) is 0 Å². The summed E-state index contributed by atoms with van der Waals surface area (Å²) in [6, 6.07) is 4.06. The first-order valence-corrected chi connectivity index (χ1v) is 5.43. The molecule has 0 aromatic carbocycles. The molecule has 78 valence electrons. The van der Waals surface area contributed by atoms with Crippen LogP contribution in [0.3, 0.4) is 0 Å². The van der Waals surface area contributed by atoms with E-state index in [2.05, 4.69) is 9.55 Å². The Labute approximate surface area is 87.7 Å². The van der Waals surface area contributed by atoms with Crippen LogP contribution in [-0.4, -0.2) is 9.55 Å². The van der Waals surface area contributed by atoms with Gasteiger partial charge < -0.3 is 9.55 Å². The van der Waals surface area contributed by atoms with Crippen molar-refractivity contribution in [2.75, 3.05) is 0 Å². The average molecular weight is 202 g/mol. The lowest BCUT2D eigenvalue weighted by Crippen LogP contribution is -2.12. The summed E-state index contributed by atoms with van der Waals surface area (Å²) < 4.78 is 2.09. The van der Waals surface area contributed by atoms with Crippen molar-refractivity contribution in [1.29, 1.82) is 0 Å². The van der Waals surface area contributed by atoms with Crippen LogP contribution < -0.4 is 5.56 Å². The highest BCUT2D eigenvalue weighted by Crippen LogP contribution is 2.31. The van der Waals surface area contributed by atoms with Gasteiger partial charge in [0.15, 0.2) is 0 Å². The predicted molar refractivity (Wildman–Crippen MR) is 60.0 cm³/mol. The van der Waals surface area contributed by atoms with Gasteiger partial charge in [-0.1, -0.05) is 0 Å². The molecular weight excluding hydrogens is 188 g/mol. The van der Waals surface area contributed by atoms with Gasteiger partial charge in [0.1, 0.15) is 5.52 Å². The van der Waals surface area contributed by atoms with Crippen LogP contribution in [0.25, 0.3) is 10.9 Å². The molecular formula is C12H14N2O. The van der Waals surface area contributed by atoms with Gasteiger partial charge in [0.05, 0.1) is 0 Å². The molecule has 0 bridgehead atoms. The lowest BCUT2D eigenvalue weighted by atomic mass is 10.3. The lowest BCUT2D eigenvalue weighted by Gasteiger charge is -2.02. The number of H-pyrrole nitrogens is 1. The normalized spacial score (nSPS) is 16.1. The summed E-state index contributed by atoms with van der Waals surface area (Å²) in [5, 5.41) is 1.05. The molecule has 1 N–H and O–H groups in total. The Bertz CT molecular complexity index is 560. The highest BCUT2D eigenvalue weighted by atomic mass is 16.1. The fraction of sp³-hybridized carbons (Fsp3) is 0.417. The summed E-state index contributed by atoms with van der Waals surface area (Å²) in [6.45, 7) is 2.91. The number of rotatable bonds is 2. The fourth-order valence-corrected chi connectivity index (χ4v) is 2.11. The van der Waals surface area contributed by atoms with Crippen molar-refractivity contribution in [3.8, 4) is 0 Å². The summed E-state index contributed by atoms with van der Waals surface area (Å²) in [5.41, 5.74) is 1.79. The van der Waals surface area contributed by atoms with E-state index < -0.39 is 0 Å². The highest BCUT2D eigenvalue weighted by molar-refractivity contribution is 5.79. The molecule has 0 spiro atoms. The zero-order valence-electron chi connectivity index (χ0n) is 8.79. The maximum atomic E-state index is 11.8. The molecule has 2 aromatic rings. The molecule has 0 radical (unpaired) electrons. The van der Waals surface area contributed by atoms with Crippen LogP contribution in [-0.2, 0) is 6.54 Å². The van der Waals surface area contributed by atoms with Gasteiger partial charge in [0, 0.05) is 23.8 Å². The van der Waals surface area contributed by atoms with Gasteiger partial charge in [-0.15, -0.1) is 0 Å². The maximum Gasteiger partial charge on any atom is 0.272 e. The Morgan fingerprint density at radius 1 is 1.53 bits per heavy atom. The molecule has 1 saturated carbocycles. The zero-order valence-corrected chi connectivity index (χ0v) is 8.79. The number of aromatic nitrogens is 2. The van der Waals surface area contributed by atoms with Crippen molar-refractivity contribution in [2.45, 2.75) is 26.3 Å². The molecule has 0 aliphatic heterocycles. The van der Waals surface area contributed by atoms with Gasteiger partial charge in [-0.3, -0.25) is 4.79 Å². The molecule has 0 atom stereocenters. The number of hydrogen-bond acceptors (Lipinski definition) is 1. The van der Waals surface area contributed by atoms with Crippen LogP contribution in [0.15, 0.2) is 23.1 Å². The second-order valence-electron chi connectivity index (χ2n) is 4.50. The topological polar surface area (TPSA) is 37.8 Å². The van der Waals surface area contributed by atoms with Crippen molar-refractivity contribution in [3.05, 3.63) is 34.4 Å². The average Bonchev–Trinajstić information content (AvgIpc) is 2.87. The quantitative estimate of drug-likeness (QED) is 0.795. The van der Waals surface area contributed by atoms with Crippen LogP contribution in [0.5, 0.6) is 0 Å². The molecule has 3 nitrogen and oxygen atoms in total. The molecule has 1 fully saturated rings. The Morgan fingerprint density at radius 2 is 2.33 bits per heavy atom. The molecule has 3 heteroatoms. The van der Waals surface area contributed by atoms with Gasteiger partial charge in [0.25, 0.3) is 5.56 Å². The van der Waals surface area contributed by atoms with Crippen LogP contribution >= 0.6 is 0 Å². The highest BCUT2D eigenvalue weighted by Gasteiger charge is 2.22. The number of nitrogens with zero attached hydrogens (tertiary/aromatic N) is 1. The van der Waals surface area contributed by atoms with Crippen molar-refractivity contribution < 1.29 is 0 Å². The Balaban J connectivity index is 2.18. The second kappa shape index (κ2) is 2.99. The zero-order chi connectivity index (χ0) is 10.4. The van der Waals surface area contributed by atoms with E-state index in [1.165, 1.54) is 12.8 Å². The van der Waals surface area contributed by atoms with Gasteiger partial charge >= 0.3 is 0 Å². The van der Waals surface area contributed by atoms with E-state index >= 15 is 0 Å². The minimum Gasteiger partial charge on any atom is -0.343 e. The van der Waals surface area contributed by atoms with Gasteiger partial charge in [-0.05, 0) is 37.8 Å². The monoisotopic (exact) mass is 202 g/mol. The third kappa shape index (κ3) is 1.48. The van der Waals surface area contributed by atoms with E-state index in [0.717, 1.165) is 29.1 Å². The first-order valence-electron chi connectivity index (χ1n) is 5.43. The first kappa shape index (κ1) is 8.77. The molecule has 1 aliphatic rings. The summed E-state index contributed by atoms with van der Waals surface area (Å²) in [6.07, 6.45) is 4.64. The summed E-state index contributed by atoms with van der Waals surface area (Å²) in [4.78, 5) is 14.7. The minimum atomic E-state index is 0.0376. The number of nitrogens with one attached hydrogen (secondary N) is 1. The van der Waals surface area contributed by atoms with Crippen LogP contribution in [0.1, 0.15) is 18.5 Å². The fourth-order valence-electron chi connectivity index (χ4n) is 2.11. The van der Waals surface area contributed by atoms with E-state index in [4.69, 9.17) is 0 Å². The third-order valence-corrected chi connectivity index (χ3v) is 3.04. The van der Waals surface area contributed by atoms with Crippen molar-refractivity contribution in [3.63, 3.8) is 0 Å². The lowest BCUT2D eigenvalue weighted by molar-refractivity contribution is 0.645. The summed E-state index contributed by atoms with van der Waals surface area (Å²) in [7, 11) is 0. The SMILES string of the molecule is Cc1cc2ccn(CC3CC3)c2c(=O)[nH]1. The Kier molecular flexibility index (Phi) is 1.75. The largest absolute Gasteiger partial charge is 0.343 e. The van der Waals surface area contributed by atoms with Crippen LogP contribution in [0.2, 0.25) is 0 Å². The molecule has 2 aromatic heterocycles. The van der Waals surface area contributed by atoms with Gasteiger partial charge in [-0.2, -0.15) is 0 Å². The standard InChI is InChI=1S/C12H14N2O/c1-8-6-10-4-5-14(7-9-2-3-9)11(10)12(15)13-8/h4-6,9H,2-3,7H2,1H3,(H,13,15). The van der Waals surface area contributed by atoms with Gasteiger partial charge in [-0.25, -0.2) is 0 Å².